The molecule has 7 nitrogen and oxygen atoms in total. The van der Waals surface area contributed by atoms with E-state index < -0.39 is 16.0 Å². The monoisotopic (exact) mass is 490 g/mol. The number of anilines is 1. The fourth-order valence-corrected chi connectivity index (χ4v) is 6.68. The number of benzene rings is 2. The van der Waals surface area contributed by atoms with Crippen molar-refractivity contribution in [2.75, 3.05) is 30.5 Å². The summed E-state index contributed by atoms with van der Waals surface area (Å²) in [5.74, 6) is -0.227. The zero-order valence-corrected chi connectivity index (χ0v) is 20.2. The number of sulfonamides is 1. The van der Waals surface area contributed by atoms with Crippen LogP contribution in [-0.2, 0) is 26.0 Å². The van der Waals surface area contributed by atoms with Gasteiger partial charge < -0.3 is 9.64 Å². The van der Waals surface area contributed by atoms with Gasteiger partial charge in [-0.15, -0.1) is 0 Å². The number of nitrogens with zero attached hydrogens (tertiary/aromatic N) is 2. The van der Waals surface area contributed by atoms with E-state index in [2.05, 4.69) is 13.8 Å². The molecular formula is C24H27ClN2O5S. The highest BCUT2D eigenvalue weighted by molar-refractivity contribution is 7.93. The normalized spacial score (nSPS) is 20.5. The standard InChI is InChI=1S/C24H27ClN2O5S/c1-16-11-17(2)14-26(13-16)23(28)15-32-24(29)19-7-8-20(25)22(12-19)33(30,31)27-10-9-18-5-3-4-6-21(18)27/h3-8,12,16-17H,9-11,13-15H2,1-2H3. The zero-order chi connectivity index (χ0) is 23.8. The number of piperidine rings is 1. The van der Waals surface area contributed by atoms with Gasteiger partial charge in [0.1, 0.15) is 4.90 Å². The number of halogens is 1. The minimum absolute atomic E-state index is 0.0169. The van der Waals surface area contributed by atoms with Crippen molar-refractivity contribution in [1.82, 2.24) is 4.90 Å². The number of amides is 1. The van der Waals surface area contributed by atoms with Gasteiger partial charge in [-0.05, 0) is 54.5 Å². The maximum atomic E-state index is 13.4. The van der Waals surface area contributed by atoms with E-state index in [0.29, 0.717) is 43.6 Å². The summed E-state index contributed by atoms with van der Waals surface area (Å²) in [6.45, 7) is 5.38. The van der Waals surface area contributed by atoms with Gasteiger partial charge in [0, 0.05) is 19.6 Å². The van der Waals surface area contributed by atoms with Crippen molar-refractivity contribution in [1.29, 1.82) is 0 Å². The summed E-state index contributed by atoms with van der Waals surface area (Å²) in [6.07, 6.45) is 1.66. The van der Waals surface area contributed by atoms with Gasteiger partial charge in [-0.25, -0.2) is 13.2 Å². The number of para-hydroxylation sites is 1. The Hall–Kier alpha value is -2.58. The summed E-state index contributed by atoms with van der Waals surface area (Å²) in [7, 11) is -3.98. The third-order valence-electron chi connectivity index (χ3n) is 6.13. The van der Waals surface area contributed by atoms with Crippen LogP contribution in [0.1, 0.15) is 36.2 Å². The molecule has 2 heterocycles. The molecule has 2 aromatic rings. The van der Waals surface area contributed by atoms with Crippen LogP contribution in [0.2, 0.25) is 5.02 Å². The van der Waals surface area contributed by atoms with Crippen LogP contribution in [0.5, 0.6) is 0 Å². The summed E-state index contributed by atoms with van der Waals surface area (Å²) in [6, 6.07) is 11.3. The quantitative estimate of drug-likeness (QED) is 0.596. The molecular weight excluding hydrogens is 464 g/mol. The minimum atomic E-state index is -3.98. The molecule has 2 atom stereocenters. The van der Waals surface area contributed by atoms with E-state index in [1.807, 2.05) is 12.1 Å². The number of hydrogen-bond acceptors (Lipinski definition) is 5. The van der Waals surface area contributed by atoms with Gasteiger partial charge in [0.05, 0.1) is 16.3 Å². The first-order valence-corrected chi connectivity index (χ1v) is 12.8. The third-order valence-corrected chi connectivity index (χ3v) is 8.42. The molecule has 2 unspecified atom stereocenters. The Labute approximate surface area is 199 Å². The Morgan fingerprint density at radius 3 is 2.52 bits per heavy atom. The lowest BCUT2D eigenvalue weighted by Gasteiger charge is -2.34. The highest BCUT2D eigenvalue weighted by Crippen LogP contribution is 2.35. The van der Waals surface area contributed by atoms with Gasteiger partial charge in [0.25, 0.3) is 15.9 Å². The summed E-state index contributed by atoms with van der Waals surface area (Å²) in [5, 5.41) is 0.0169. The molecule has 4 rings (SSSR count). The second kappa shape index (κ2) is 9.35. The van der Waals surface area contributed by atoms with Gasteiger partial charge in [0.2, 0.25) is 0 Å². The van der Waals surface area contributed by atoms with Crippen LogP contribution in [0.15, 0.2) is 47.4 Å². The molecule has 0 saturated carbocycles. The number of carbonyl (C=O) groups excluding carboxylic acids is 2. The molecule has 2 aromatic carbocycles. The van der Waals surface area contributed by atoms with Crippen molar-refractivity contribution < 1.29 is 22.7 Å². The van der Waals surface area contributed by atoms with Crippen LogP contribution in [0, 0.1) is 11.8 Å². The van der Waals surface area contributed by atoms with Gasteiger partial charge in [-0.3, -0.25) is 9.10 Å². The SMILES string of the molecule is CC1CC(C)CN(C(=O)COC(=O)c2ccc(Cl)c(S(=O)(=O)N3CCc4ccccc43)c2)C1. The molecule has 0 aliphatic carbocycles. The lowest BCUT2D eigenvalue weighted by Crippen LogP contribution is -2.44. The number of carbonyl (C=O) groups is 2. The van der Waals surface area contributed by atoms with Crippen molar-refractivity contribution in [2.45, 2.75) is 31.6 Å². The van der Waals surface area contributed by atoms with Crippen LogP contribution in [-0.4, -0.2) is 51.4 Å². The molecule has 2 aliphatic heterocycles. The van der Waals surface area contributed by atoms with Gasteiger partial charge >= 0.3 is 5.97 Å². The lowest BCUT2D eigenvalue weighted by atomic mass is 9.92. The molecule has 0 N–H and O–H groups in total. The minimum Gasteiger partial charge on any atom is -0.452 e. The van der Waals surface area contributed by atoms with Crippen molar-refractivity contribution in [3.05, 3.63) is 58.6 Å². The molecule has 9 heteroatoms. The number of fused-ring (bicyclic) bond motifs is 1. The van der Waals surface area contributed by atoms with E-state index >= 15 is 0 Å². The largest absolute Gasteiger partial charge is 0.452 e. The second-order valence-corrected chi connectivity index (χ2v) is 11.2. The van der Waals surface area contributed by atoms with Crippen LogP contribution in [0.4, 0.5) is 5.69 Å². The van der Waals surface area contributed by atoms with Crippen LogP contribution < -0.4 is 4.31 Å². The smallest absolute Gasteiger partial charge is 0.338 e. The third kappa shape index (κ3) is 4.87. The predicted octanol–water partition coefficient (Wildman–Crippen LogP) is 3.75. The number of esters is 1. The zero-order valence-electron chi connectivity index (χ0n) is 18.7. The van der Waals surface area contributed by atoms with E-state index in [-0.39, 0.29) is 28.0 Å². The Balaban J connectivity index is 1.49. The molecule has 0 spiro atoms. The van der Waals surface area contributed by atoms with E-state index in [0.717, 1.165) is 12.0 Å². The van der Waals surface area contributed by atoms with Crippen molar-refractivity contribution in [3.63, 3.8) is 0 Å². The van der Waals surface area contributed by atoms with Crippen LogP contribution in [0.25, 0.3) is 0 Å². The Bertz CT molecular complexity index is 1170. The highest BCUT2D eigenvalue weighted by atomic mass is 35.5. The van der Waals surface area contributed by atoms with Crippen LogP contribution >= 0.6 is 11.6 Å². The number of ether oxygens (including phenoxy) is 1. The van der Waals surface area contributed by atoms with E-state index in [1.165, 1.54) is 22.5 Å². The van der Waals surface area contributed by atoms with Gasteiger partial charge in [-0.2, -0.15) is 0 Å². The second-order valence-electron chi connectivity index (χ2n) is 8.92. The van der Waals surface area contributed by atoms with Crippen LogP contribution in [0.3, 0.4) is 0 Å². The summed E-state index contributed by atoms with van der Waals surface area (Å²) >= 11 is 6.23. The number of rotatable bonds is 5. The first-order valence-electron chi connectivity index (χ1n) is 11.0. The van der Waals surface area contributed by atoms with Gasteiger partial charge in [0.15, 0.2) is 6.61 Å². The molecule has 33 heavy (non-hydrogen) atoms. The first-order chi connectivity index (χ1) is 15.7. The van der Waals surface area contributed by atoms with E-state index in [1.54, 1.807) is 17.0 Å². The molecule has 0 radical (unpaired) electrons. The number of hydrogen-bond donors (Lipinski definition) is 0. The summed E-state index contributed by atoms with van der Waals surface area (Å²) in [4.78, 5) is 26.7. The Morgan fingerprint density at radius 2 is 1.79 bits per heavy atom. The van der Waals surface area contributed by atoms with E-state index in [4.69, 9.17) is 16.3 Å². The molecule has 1 fully saturated rings. The summed E-state index contributed by atoms with van der Waals surface area (Å²) < 4.78 is 33.2. The lowest BCUT2D eigenvalue weighted by molar-refractivity contribution is -0.137. The molecule has 2 aliphatic rings. The highest BCUT2D eigenvalue weighted by Gasteiger charge is 2.33. The average Bonchev–Trinajstić information content (AvgIpc) is 3.22. The maximum Gasteiger partial charge on any atom is 0.338 e. The maximum absolute atomic E-state index is 13.4. The Morgan fingerprint density at radius 1 is 1.09 bits per heavy atom. The van der Waals surface area contributed by atoms with Crippen molar-refractivity contribution >= 4 is 39.2 Å². The van der Waals surface area contributed by atoms with E-state index in [9.17, 15) is 18.0 Å². The average molecular weight is 491 g/mol. The topological polar surface area (TPSA) is 84.0 Å². The molecule has 176 valence electrons. The van der Waals surface area contributed by atoms with Gasteiger partial charge in [-0.1, -0.05) is 43.6 Å². The fourth-order valence-electron chi connectivity index (χ4n) is 4.67. The summed E-state index contributed by atoms with van der Waals surface area (Å²) in [5.41, 5.74) is 1.57. The predicted molar refractivity (Wildman–Crippen MR) is 126 cm³/mol. The molecule has 0 bridgehead atoms. The molecule has 0 aromatic heterocycles. The Kier molecular flexibility index (Phi) is 6.68. The number of likely N-dealkylation sites (tertiary alicyclic amines) is 1. The fraction of sp³-hybridized carbons (Fsp3) is 0.417. The molecule has 1 saturated heterocycles. The van der Waals surface area contributed by atoms with Crippen molar-refractivity contribution in [2.24, 2.45) is 11.8 Å². The first kappa shape index (κ1) is 23.6. The molecule has 1 amide bonds. The van der Waals surface area contributed by atoms with Crippen molar-refractivity contribution in [3.8, 4) is 0 Å².